The summed E-state index contributed by atoms with van der Waals surface area (Å²) in [6, 6.07) is 27.3. The van der Waals surface area contributed by atoms with Crippen LogP contribution >= 0.6 is 0 Å². The lowest BCUT2D eigenvalue weighted by atomic mass is 10.0. The molecule has 1 aliphatic heterocycles. The maximum absolute atomic E-state index is 13.4. The smallest absolute Gasteiger partial charge is 0.343 e. The van der Waals surface area contributed by atoms with E-state index in [-0.39, 0.29) is 11.5 Å². The fourth-order valence-electron chi connectivity index (χ4n) is 4.46. The van der Waals surface area contributed by atoms with E-state index >= 15 is 0 Å². The van der Waals surface area contributed by atoms with E-state index in [2.05, 4.69) is 29.2 Å². The molecule has 33 heavy (non-hydrogen) atoms. The molecule has 0 saturated carbocycles. The molecule has 1 saturated heterocycles. The quantitative estimate of drug-likeness (QED) is 0.465. The Hall–Kier alpha value is -3.70. The Morgan fingerprint density at radius 3 is 2.33 bits per heavy atom. The Kier molecular flexibility index (Phi) is 6.05. The van der Waals surface area contributed by atoms with E-state index in [1.807, 2.05) is 59.5 Å². The van der Waals surface area contributed by atoms with Gasteiger partial charge in [-0.1, -0.05) is 66.7 Å². The number of hydrogen-bond acceptors (Lipinski definition) is 4. The van der Waals surface area contributed by atoms with Gasteiger partial charge in [-0.15, -0.1) is 0 Å². The predicted molar refractivity (Wildman–Crippen MR) is 129 cm³/mol. The van der Waals surface area contributed by atoms with Crippen molar-refractivity contribution in [2.45, 2.75) is 13.0 Å². The van der Waals surface area contributed by atoms with Crippen LogP contribution in [0, 0.1) is 0 Å². The maximum atomic E-state index is 13.4. The number of fused-ring (bicyclic) bond motifs is 1. The van der Waals surface area contributed by atoms with Crippen LogP contribution in [-0.2, 0) is 13.0 Å². The van der Waals surface area contributed by atoms with Crippen LogP contribution in [-0.4, -0.2) is 41.9 Å². The molecule has 1 aliphatic rings. The average molecular weight is 439 g/mol. The van der Waals surface area contributed by atoms with E-state index < -0.39 is 0 Å². The second-order valence-electron chi connectivity index (χ2n) is 8.48. The summed E-state index contributed by atoms with van der Waals surface area (Å²) in [5.74, 6) is 0.597. The van der Waals surface area contributed by atoms with Gasteiger partial charge in [0.15, 0.2) is 0 Å². The first kappa shape index (κ1) is 21.2. The number of benzene rings is 3. The van der Waals surface area contributed by atoms with Crippen LogP contribution in [0.3, 0.4) is 0 Å². The summed E-state index contributed by atoms with van der Waals surface area (Å²) in [5, 5.41) is 1.42. The molecular weight excluding hydrogens is 412 g/mol. The Balaban J connectivity index is 1.30. The zero-order valence-electron chi connectivity index (χ0n) is 18.4. The van der Waals surface area contributed by atoms with E-state index in [4.69, 9.17) is 4.42 Å². The van der Waals surface area contributed by atoms with Crippen molar-refractivity contribution in [1.29, 1.82) is 0 Å². The number of carbonyl (C=O) groups excluding carboxylic acids is 1. The van der Waals surface area contributed by atoms with Crippen LogP contribution in [0.2, 0.25) is 0 Å². The van der Waals surface area contributed by atoms with Crippen LogP contribution in [0.25, 0.3) is 10.8 Å². The number of piperazine rings is 1. The Morgan fingerprint density at radius 2 is 1.52 bits per heavy atom. The molecule has 0 radical (unpaired) electrons. The molecule has 1 amide bonds. The van der Waals surface area contributed by atoms with E-state index in [0.29, 0.717) is 36.2 Å². The third-order valence-electron chi connectivity index (χ3n) is 6.24. The number of amides is 1. The number of carbonyl (C=O) groups is 1. The van der Waals surface area contributed by atoms with Crippen molar-refractivity contribution in [2.75, 3.05) is 26.2 Å². The van der Waals surface area contributed by atoms with E-state index in [0.717, 1.165) is 30.6 Å². The van der Waals surface area contributed by atoms with Gasteiger partial charge in [-0.3, -0.25) is 9.69 Å². The second-order valence-corrected chi connectivity index (χ2v) is 8.48. The highest BCUT2D eigenvalue weighted by Gasteiger charge is 2.24. The minimum absolute atomic E-state index is 0.0353. The standard InChI is InChI=1S/C28H26N2O3/c31-27(30-16-14-29(15-17-30)20-21-8-2-1-3-9-21)25-12-6-4-10-22(25)18-24-19-23-11-5-7-13-26(23)28(32)33-24/h1-13,19H,14-18,20H2. The summed E-state index contributed by atoms with van der Waals surface area (Å²) in [7, 11) is 0. The molecule has 0 N–H and O–H groups in total. The lowest BCUT2D eigenvalue weighted by Gasteiger charge is -2.35. The van der Waals surface area contributed by atoms with Gasteiger partial charge in [-0.2, -0.15) is 0 Å². The molecule has 1 aromatic heterocycles. The van der Waals surface area contributed by atoms with Gasteiger partial charge in [0.25, 0.3) is 5.91 Å². The van der Waals surface area contributed by atoms with Crippen molar-refractivity contribution < 1.29 is 9.21 Å². The van der Waals surface area contributed by atoms with Gasteiger partial charge in [0, 0.05) is 44.7 Å². The van der Waals surface area contributed by atoms with Crippen molar-refractivity contribution in [3.8, 4) is 0 Å². The number of hydrogen-bond donors (Lipinski definition) is 0. The Labute approximate surface area is 192 Å². The number of rotatable bonds is 5. The topological polar surface area (TPSA) is 53.8 Å². The molecule has 0 atom stereocenters. The average Bonchev–Trinajstić information content (AvgIpc) is 2.85. The molecule has 0 aliphatic carbocycles. The van der Waals surface area contributed by atoms with Crippen LogP contribution in [0.4, 0.5) is 0 Å². The molecule has 3 aromatic carbocycles. The summed E-state index contributed by atoms with van der Waals surface area (Å²) in [6.45, 7) is 4.00. The first-order valence-corrected chi connectivity index (χ1v) is 11.3. The van der Waals surface area contributed by atoms with E-state index in [1.165, 1.54) is 5.56 Å². The summed E-state index contributed by atoms with van der Waals surface area (Å²) in [5.41, 5.74) is 2.48. The predicted octanol–water partition coefficient (Wildman–Crippen LogP) is 4.34. The van der Waals surface area contributed by atoms with Crippen molar-refractivity contribution >= 4 is 16.7 Å². The second kappa shape index (κ2) is 9.43. The highest BCUT2D eigenvalue weighted by molar-refractivity contribution is 5.96. The van der Waals surface area contributed by atoms with Crippen molar-refractivity contribution in [2.24, 2.45) is 0 Å². The molecular formula is C28H26N2O3. The first-order valence-electron chi connectivity index (χ1n) is 11.3. The van der Waals surface area contributed by atoms with Gasteiger partial charge in [0.1, 0.15) is 5.76 Å². The van der Waals surface area contributed by atoms with Crippen LogP contribution < -0.4 is 5.63 Å². The SMILES string of the molecule is O=C(c1ccccc1Cc1cc2ccccc2c(=O)o1)N1CCN(Cc2ccccc2)CC1. The van der Waals surface area contributed by atoms with E-state index in [1.54, 1.807) is 6.07 Å². The minimum atomic E-state index is -0.346. The maximum Gasteiger partial charge on any atom is 0.343 e. The van der Waals surface area contributed by atoms with Crippen LogP contribution in [0.5, 0.6) is 0 Å². The fraction of sp³-hybridized carbons (Fsp3) is 0.214. The van der Waals surface area contributed by atoms with Crippen molar-refractivity contribution in [1.82, 2.24) is 9.80 Å². The van der Waals surface area contributed by atoms with Gasteiger partial charge in [-0.05, 0) is 34.7 Å². The zero-order chi connectivity index (χ0) is 22.6. The fourth-order valence-corrected chi connectivity index (χ4v) is 4.46. The minimum Gasteiger partial charge on any atom is -0.427 e. The Morgan fingerprint density at radius 1 is 0.818 bits per heavy atom. The van der Waals surface area contributed by atoms with E-state index in [9.17, 15) is 9.59 Å². The molecule has 0 unspecified atom stereocenters. The zero-order valence-corrected chi connectivity index (χ0v) is 18.4. The Bertz CT molecular complexity index is 1320. The third kappa shape index (κ3) is 4.73. The molecule has 4 aromatic rings. The van der Waals surface area contributed by atoms with Crippen molar-refractivity contribution in [3.05, 3.63) is 118 Å². The molecule has 0 bridgehead atoms. The molecule has 5 nitrogen and oxygen atoms in total. The van der Waals surface area contributed by atoms with Gasteiger partial charge in [0.05, 0.1) is 5.39 Å². The van der Waals surface area contributed by atoms with Crippen LogP contribution in [0.15, 0.2) is 94.1 Å². The third-order valence-corrected chi connectivity index (χ3v) is 6.24. The first-order chi connectivity index (χ1) is 16.2. The highest BCUT2D eigenvalue weighted by atomic mass is 16.4. The van der Waals surface area contributed by atoms with Gasteiger partial charge in [-0.25, -0.2) is 4.79 Å². The number of nitrogens with zero attached hydrogens (tertiary/aromatic N) is 2. The monoisotopic (exact) mass is 438 g/mol. The van der Waals surface area contributed by atoms with Gasteiger partial charge in [0.2, 0.25) is 0 Å². The highest BCUT2D eigenvalue weighted by Crippen LogP contribution is 2.20. The normalized spacial score (nSPS) is 14.5. The molecule has 1 fully saturated rings. The van der Waals surface area contributed by atoms with Gasteiger partial charge < -0.3 is 9.32 Å². The summed E-state index contributed by atoms with van der Waals surface area (Å²) in [6.07, 6.45) is 0.399. The molecule has 2 heterocycles. The summed E-state index contributed by atoms with van der Waals surface area (Å²) in [4.78, 5) is 30.1. The molecule has 5 heteroatoms. The largest absolute Gasteiger partial charge is 0.427 e. The molecule has 5 rings (SSSR count). The molecule has 0 spiro atoms. The lowest BCUT2D eigenvalue weighted by Crippen LogP contribution is -2.48. The summed E-state index contributed by atoms with van der Waals surface area (Å²) < 4.78 is 5.56. The molecule has 166 valence electrons. The lowest BCUT2D eigenvalue weighted by molar-refractivity contribution is 0.0627. The summed E-state index contributed by atoms with van der Waals surface area (Å²) >= 11 is 0. The van der Waals surface area contributed by atoms with Gasteiger partial charge >= 0.3 is 5.63 Å². The van der Waals surface area contributed by atoms with Crippen molar-refractivity contribution in [3.63, 3.8) is 0 Å². The van der Waals surface area contributed by atoms with Crippen LogP contribution in [0.1, 0.15) is 27.2 Å².